The molecule has 1 fully saturated rings. The van der Waals surface area contributed by atoms with Gasteiger partial charge in [0.2, 0.25) is 0 Å². The summed E-state index contributed by atoms with van der Waals surface area (Å²) in [6, 6.07) is 16.6. The summed E-state index contributed by atoms with van der Waals surface area (Å²) in [7, 11) is 1.49. The van der Waals surface area contributed by atoms with Crippen LogP contribution in [0, 0.1) is 17.2 Å². The van der Waals surface area contributed by atoms with Gasteiger partial charge in [-0.1, -0.05) is 50.2 Å². The molecule has 1 amide bonds. The Kier molecular flexibility index (Phi) is 8.81. The van der Waals surface area contributed by atoms with E-state index in [-0.39, 0.29) is 33.7 Å². The Balaban J connectivity index is 1.68. The number of carbonyl (C=O) groups is 1. The van der Waals surface area contributed by atoms with Gasteiger partial charge in [0, 0.05) is 23.4 Å². The number of ether oxygens (including phenoxy) is 1. The molecule has 1 N–H and O–H groups in total. The lowest BCUT2D eigenvalue weighted by atomic mass is 10.0. The summed E-state index contributed by atoms with van der Waals surface area (Å²) in [5.74, 6) is 0.672. The molecule has 1 aromatic heterocycles. The Bertz CT molecular complexity index is 1520. The lowest BCUT2D eigenvalue weighted by Crippen LogP contribution is -2.33. The smallest absolute Gasteiger partial charge is 0.433 e. The van der Waals surface area contributed by atoms with E-state index in [2.05, 4.69) is 10.3 Å². The first-order valence-electron chi connectivity index (χ1n) is 12.2. The van der Waals surface area contributed by atoms with Crippen molar-refractivity contribution in [2.24, 2.45) is 5.92 Å². The third kappa shape index (κ3) is 6.46. The highest BCUT2D eigenvalue weighted by Crippen LogP contribution is 2.38. The van der Waals surface area contributed by atoms with E-state index in [1.807, 2.05) is 19.9 Å². The number of carbonyl (C=O) groups excluding carboxylic acids is 1. The Morgan fingerprint density at radius 3 is 2.55 bits per heavy atom. The number of alkyl halides is 3. The van der Waals surface area contributed by atoms with E-state index in [0.29, 0.717) is 39.8 Å². The Morgan fingerprint density at radius 1 is 1.20 bits per heavy atom. The van der Waals surface area contributed by atoms with Crippen molar-refractivity contribution in [3.63, 3.8) is 0 Å². The molecule has 11 heteroatoms. The number of hydrogen-bond acceptors (Lipinski definition) is 6. The van der Waals surface area contributed by atoms with Crippen LogP contribution in [0.15, 0.2) is 65.3 Å². The fourth-order valence-corrected chi connectivity index (χ4v) is 5.39. The maximum Gasteiger partial charge on any atom is 0.433 e. The number of thioether (sulfide) groups is 1. The molecule has 40 heavy (non-hydrogen) atoms. The van der Waals surface area contributed by atoms with Crippen LogP contribution in [0.2, 0.25) is 0 Å². The molecule has 2 aromatic carbocycles. The number of aromatic nitrogens is 1. The van der Waals surface area contributed by atoms with Crippen LogP contribution < -0.4 is 10.1 Å². The van der Waals surface area contributed by atoms with E-state index >= 15 is 0 Å². The molecule has 206 valence electrons. The van der Waals surface area contributed by atoms with Crippen molar-refractivity contribution in [1.82, 2.24) is 15.2 Å². The number of amides is 1. The molecule has 0 bridgehead atoms. The molecule has 0 atom stereocenters. The maximum absolute atomic E-state index is 13.8. The van der Waals surface area contributed by atoms with Crippen molar-refractivity contribution in [2.45, 2.75) is 30.8 Å². The number of methoxy groups -OCH3 is 1. The predicted octanol–water partition coefficient (Wildman–Crippen LogP) is 6.65. The van der Waals surface area contributed by atoms with E-state index in [0.717, 1.165) is 17.8 Å². The van der Waals surface area contributed by atoms with Crippen molar-refractivity contribution in [3.8, 4) is 22.9 Å². The van der Waals surface area contributed by atoms with Crippen molar-refractivity contribution < 1.29 is 22.7 Å². The average molecular weight is 583 g/mol. The number of pyridine rings is 1. The fraction of sp³-hybridized carbons (Fsp3) is 0.241. The summed E-state index contributed by atoms with van der Waals surface area (Å²) < 4.78 is 46.7. The average Bonchev–Trinajstić information content (AvgIpc) is 3.18. The predicted molar refractivity (Wildman–Crippen MR) is 152 cm³/mol. The van der Waals surface area contributed by atoms with Crippen molar-refractivity contribution >= 4 is 41.1 Å². The van der Waals surface area contributed by atoms with Gasteiger partial charge in [0.25, 0.3) is 5.91 Å². The number of thiocarbonyl (C=S) groups is 1. The largest absolute Gasteiger partial charge is 0.496 e. The van der Waals surface area contributed by atoms with E-state index < -0.39 is 11.9 Å². The monoisotopic (exact) mass is 582 g/mol. The highest BCUT2D eigenvalue weighted by molar-refractivity contribution is 7.98. The van der Waals surface area contributed by atoms with Gasteiger partial charge < -0.3 is 10.1 Å². The van der Waals surface area contributed by atoms with Crippen LogP contribution in [-0.4, -0.2) is 34.6 Å². The van der Waals surface area contributed by atoms with Crippen LogP contribution in [-0.2, 0) is 16.7 Å². The summed E-state index contributed by atoms with van der Waals surface area (Å²) in [4.78, 5) is 18.2. The summed E-state index contributed by atoms with van der Waals surface area (Å²) in [6.45, 7) is 4.47. The summed E-state index contributed by atoms with van der Waals surface area (Å²) in [5, 5.41) is 13.2. The van der Waals surface area contributed by atoms with Gasteiger partial charge in [-0.25, -0.2) is 4.98 Å². The van der Waals surface area contributed by atoms with Crippen LogP contribution in [0.4, 0.5) is 13.2 Å². The molecule has 6 nitrogen and oxygen atoms in total. The second kappa shape index (κ2) is 12.1. The molecule has 2 heterocycles. The van der Waals surface area contributed by atoms with Crippen molar-refractivity contribution in [1.29, 1.82) is 5.26 Å². The van der Waals surface area contributed by atoms with Gasteiger partial charge in [0.15, 0.2) is 5.11 Å². The van der Waals surface area contributed by atoms with E-state index in [4.69, 9.17) is 17.0 Å². The Morgan fingerprint density at radius 2 is 1.93 bits per heavy atom. The van der Waals surface area contributed by atoms with Gasteiger partial charge in [0.1, 0.15) is 28.2 Å². The third-order valence-electron chi connectivity index (χ3n) is 5.96. The molecule has 4 rings (SSSR count). The summed E-state index contributed by atoms with van der Waals surface area (Å²) in [5.41, 5.74) is 1.27. The highest BCUT2D eigenvalue weighted by Gasteiger charge is 2.35. The molecule has 1 aliphatic heterocycles. The molecule has 3 aromatic rings. The summed E-state index contributed by atoms with van der Waals surface area (Å²) >= 11 is 6.32. The van der Waals surface area contributed by atoms with E-state index in [1.165, 1.54) is 12.0 Å². The van der Waals surface area contributed by atoms with E-state index in [1.54, 1.807) is 54.6 Å². The zero-order valence-corrected chi connectivity index (χ0v) is 23.5. The minimum Gasteiger partial charge on any atom is -0.496 e. The molecule has 0 spiro atoms. The zero-order chi connectivity index (χ0) is 29.0. The first-order chi connectivity index (χ1) is 19.0. The Hall–Kier alpha value is -3.88. The summed E-state index contributed by atoms with van der Waals surface area (Å²) in [6.07, 6.45) is -3.03. The van der Waals surface area contributed by atoms with Crippen LogP contribution in [0.3, 0.4) is 0 Å². The van der Waals surface area contributed by atoms with Crippen LogP contribution in [0.1, 0.15) is 36.2 Å². The first kappa shape index (κ1) is 29.1. The van der Waals surface area contributed by atoms with Gasteiger partial charge in [-0.2, -0.15) is 18.4 Å². The lowest BCUT2D eigenvalue weighted by Gasteiger charge is -2.16. The lowest BCUT2D eigenvalue weighted by molar-refractivity contribution is -0.141. The highest BCUT2D eigenvalue weighted by atomic mass is 32.2. The quantitative estimate of drug-likeness (QED) is 0.181. The molecular weight excluding hydrogens is 557 g/mol. The number of nitriles is 1. The van der Waals surface area contributed by atoms with Gasteiger partial charge in [0.05, 0.1) is 12.7 Å². The minimum absolute atomic E-state index is 0.0377. The molecule has 1 aliphatic rings. The Labute approximate surface area is 239 Å². The van der Waals surface area contributed by atoms with Gasteiger partial charge >= 0.3 is 6.18 Å². The zero-order valence-electron chi connectivity index (χ0n) is 21.9. The van der Waals surface area contributed by atoms with Gasteiger partial charge in [-0.3, -0.25) is 9.69 Å². The minimum atomic E-state index is -4.69. The molecule has 0 unspecified atom stereocenters. The maximum atomic E-state index is 13.8. The molecule has 0 saturated carbocycles. The van der Waals surface area contributed by atoms with Crippen molar-refractivity contribution in [3.05, 3.63) is 82.7 Å². The van der Waals surface area contributed by atoms with Crippen LogP contribution in [0.25, 0.3) is 17.2 Å². The SMILES string of the molecule is COc1ccc(/C=C2/NC(=S)N(CC(C)C)C2=O)cc1CSc1nc(C(F)(F)F)cc(-c2ccccc2)c1C#N. The standard InChI is InChI=1S/C29H25F3N4O2S2/c1-17(2)15-36-27(37)23(34-28(36)39)12-18-9-10-24(38-3)20(11-18)16-40-26-22(14-33)21(19-7-5-4-6-8-19)13-25(35-26)29(30,31)32/h4-13,17H,15-16H2,1-3H3,(H,34,39)/b23-12+. The van der Waals surface area contributed by atoms with Crippen LogP contribution in [0.5, 0.6) is 5.75 Å². The number of halogens is 3. The second-order valence-corrected chi connectivity index (χ2v) is 10.7. The second-order valence-electron chi connectivity index (χ2n) is 9.37. The number of rotatable bonds is 8. The normalized spacial score (nSPS) is 14.6. The molecule has 0 aliphatic carbocycles. The van der Waals surface area contributed by atoms with Gasteiger partial charge in [-0.05, 0) is 53.5 Å². The van der Waals surface area contributed by atoms with Crippen LogP contribution >= 0.6 is 24.0 Å². The third-order valence-corrected chi connectivity index (χ3v) is 7.31. The molecule has 0 radical (unpaired) electrons. The molecule has 1 saturated heterocycles. The topological polar surface area (TPSA) is 78.2 Å². The number of nitrogens with one attached hydrogen (secondary N) is 1. The number of benzene rings is 2. The van der Waals surface area contributed by atoms with E-state index in [9.17, 15) is 23.2 Å². The number of nitrogens with zero attached hydrogens (tertiary/aromatic N) is 3. The molecular formula is C29H25F3N4O2S2. The van der Waals surface area contributed by atoms with Gasteiger partial charge in [-0.15, -0.1) is 11.8 Å². The number of hydrogen-bond donors (Lipinski definition) is 1. The fourth-order valence-electron chi connectivity index (χ4n) is 4.14. The first-order valence-corrected chi connectivity index (χ1v) is 13.6. The van der Waals surface area contributed by atoms with Crippen molar-refractivity contribution in [2.75, 3.05) is 13.7 Å².